The van der Waals surface area contributed by atoms with Crippen LogP contribution in [0.5, 0.6) is 0 Å². The molecule has 1 unspecified atom stereocenters. The van der Waals surface area contributed by atoms with E-state index in [0.29, 0.717) is 33.7 Å². The van der Waals surface area contributed by atoms with Gasteiger partial charge in [-0.25, -0.2) is 14.8 Å². The van der Waals surface area contributed by atoms with Gasteiger partial charge in [0.2, 0.25) is 11.8 Å². The van der Waals surface area contributed by atoms with Crippen molar-refractivity contribution in [2.75, 3.05) is 0 Å². The van der Waals surface area contributed by atoms with Crippen molar-refractivity contribution in [3.8, 4) is 11.5 Å². The molecule has 0 saturated heterocycles. The molecule has 4 aromatic rings. The average molecular weight is 453 g/mol. The maximum Gasteiger partial charge on any atom is 0.332 e. The topological polar surface area (TPSA) is 109 Å². The van der Waals surface area contributed by atoms with Crippen LogP contribution in [-0.4, -0.2) is 29.3 Å². The smallest absolute Gasteiger partial charge is 0.332 e. The van der Waals surface area contributed by atoms with Crippen LogP contribution in [0.4, 0.5) is 0 Å². The van der Waals surface area contributed by atoms with Gasteiger partial charge in [-0.1, -0.05) is 50.7 Å². The predicted molar refractivity (Wildman–Crippen MR) is 123 cm³/mol. The second-order valence-electron chi connectivity index (χ2n) is 8.58. The van der Waals surface area contributed by atoms with Gasteiger partial charge in [0.1, 0.15) is 16.2 Å². The molecular formula is C22H24N6O3S. The van der Waals surface area contributed by atoms with Crippen LogP contribution >= 0.6 is 11.8 Å². The van der Waals surface area contributed by atoms with E-state index in [1.54, 1.807) is 7.05 Å². The summed E-state index contributed by atoms with van der Waals surface area (Å²) in [6.07, 6.45) is 0. The molecule has 0 N–H and O–H groups in total. The quantitative estimate of drug-likeness (QED) is 0.343. The van der Waals surface area contributed by atoms with Crippen LogP contribution in [0.15, 0.2) is 49.4 Å². The van der Waals surface area contributed by atoms with Gasteiger partial charge in [0.25, 0.3) is 5.56 Å². The minimum Gasteiger partial charge on any atom is -0.419 e. The summed E-state index contributed by atoms with van der Waals surface area (Å²) in [7, 11) is 3.05. The molecule has 0 fully saturated rings. The number of rotatable bonds is 4. The minimum atomic E-state index is -0.436. The summed E-state index contributed by atoms with van der Waals surface area (Å²) in [6, 6.07) is 9.51. The maximum absolute atomic E-state index is 13.0. The third-order valence-corrected chi connectivity index (χ3v) is 6.11. The first kappa shape index (κ1) is 21.9. The minimum absolute atomic E-state index is 0.284. The molecule has 1 atom stereocenters. The van der Waals surface area contributed by atoms with Crippen LogP contribution in [-0.2, 0) is 19.5 Å². The van der Waals surface area contributed by atoms with Crippen molar-refractivity contribution in [2.24, 2.45) is 14.1 Å². The maximum atomic E-state index is 13.0. The molecule has 0 bridgehead atoms. The molecule has 0 saturated carbocycles. The van der Waals surface area contributed by atoms with Gasteiger partial charge in [0, 0.05) is 25.1 Å². The summed E-state index contributed by atoms with van der Waals surface area (Å²) < 4.78 is 8.33. The Balaban J connectivity index is 1.82. The molecule has 166 valence electrons. The van der Waals surface area contributed by atoms with E-state index in [-0.39, 0.29) is 10.7 Å². The Morgan fingerprint density at radius 3 is 2.34 bits per heavy atom. The number of fused-ring (bicyclic) bond motifs is 1. The van der Waals surface area contributed by atoms with Crippen LogP contribution in [0.25, 0.3) is 22.5 Å². The second-order valence-corrected chi connectivity index (χ2v) is 9.91. The Morgan fingerprint density at radius 1 is 1.00 bits per heavy atom. The van der Waals surface area contributed by atoms with Crippen LogP contribution in [0.1, 0.15) is 44.7 Å². The molecular weight excluding hydrogens is 428 g/mol. The van der Waals surface area contributed by atoms with Gasteiger partial charge in [-0.15, -0.1) is 10.2 Å². The van der Waals surface area contributed by atoms with Crippen molar-refractivity contribution >= 4 is 22.8 Å². The molecule has 0 aliphatic carbocycles. The summed E-state index contributed by atoms with van der Waals surface area (Å²) in [5, 5.41) is 8.83. The molecule has 1 aromatic carbocycles. The Kier molecular flexibility index (Phi) is 5.49. The zero-order valence-corrected chi connectivity index (χ0v) is 19.6. The summed E-state index contributed by atoms with van der Waals surface area (Å²) in [5.41, 5.74) is -0.115. The highest BCUT2D eigenvalue weighted by Crippen LogP contribution is 2.37. The molecule has 3 aromatic heterocycles. The van der Waals surface area contributed by atoms with Gasteiger partial charge >= 0.3 is 5.69 Å². The van der Waals surface area contributed by atoms with Gasteiger partial charge < -0.3 is 4.42 Å². The van der Waals surface area contributed by atoms with Crippen LogP contribution in [0.3, 0.4) is 0 Å². The van der Waals surface area contributed by atoms with Gasteiger partial charge in [0.05, 0.1) is 5.25 Å². The highest BCUT2D eigenvalue weighted by Gasteiger charge is 2.26. The van der Waals surface area contributed by atoms with Gasteiger partial charge in [-0.3, -0.25) is 13.9 Å². The lowest BCUT2D eigenvalue weighted by atomic mass is 9.96. The standard InChI is InChI=1S/C22H24N6O3S/c1-12(16-25-26-17(31-16)13-10-8-7-9-11-13)32-18-14-15(23-20(24-18)22(2,3)4)27(5)21(30)28(6)19(14)29/h7-12H,1-6H3. The zero-order chi connectivity index (χ0) is 23.2. The SMILES string of the molecule is CC(Sc1nc(C(C)(C)C)nc2c1c(=O)n(C)c(=O)n2C)c1nnc(-c2ccccc2)o1. The number of nitrogens with zero attached hydrogens (tertiary/aromatic N) is 6. The Hall–Kier alpha value is -3.27. The molecule has 0 aliphatic rings. The molecule has 32 heavy (non-hydrogen) atoms. The molecule has 4 rings (SSSR count). The molecule has 0 radical (unpaired) electrons. The van der Waals surface area contributed by atoms with Crippen molar-refractivity contribution in [1.29, 1.82) is 0 Å². The zero-order valence-electron chi connectivity index (χ0n) is 18.8. The van der Waals surface area contributed by atoms with E-state index < -0.39 is 11.2 Å². The lowest BCUT2D eigenvalue weighted by molar-refractivity contribution is 0.509. The normalized spacial score (nSPS) is 12.9. The number of hydrogen-bond donors (Lipinski definition) is 0. The Morgan fingerprint density at radius 2 is 1.69 bits per heavy atom. The van der Waals surface area contributed by atoms with Crippen molar-refractivity contribution in [1.82, 2.24) is 29.3 Å². The van der Waals surface area contributed by atoms with E-state index in [1.807, 2.05) is 58.0 Å². The van der Waals surface area contributed by atoms with E-state index >= 15 is 0 Å². The molecule has 10 heteroatoms. The number of aromatic nitrogens is 6. The number of benzene rings is 1. The number of hydrogen-bond acceptors (Lipinski definition) is 8. The first-order valence-electron chi connectivity index (χ1n) is 10.1. The first-order valence-corrected chi connectivity index (χ1v) is 11.0. The van der Waals surface area contributed by atoms with Crippen molar-refractivity contribution in [2.45, 2.75) is 43.4 Å². The summed E-state index contributed by atoms with van der Waals surface area (Å²) >= 11 is 1.33. The number of aryl methyl sites for hydroxylation is 1. The van der Waals surface area contributed by atoms with E-state index in [2.05, 4.69) is 15.2 Å². The van der Waals surface area contributed by atoms with Crippen LogP contribution < -0.4 is 11.2 Å². The van der Waals surface area contributed by atoms with Crippen molar-refractivity contribution in [3.05, 3.63) is 62.9 Å². The Labute approximate surface area is 188 Å². The van der Waals surface area contributed by atoms with E-state index in [9.17, 15) is 9.59 Å². The highest BCUT2D eigenvalue weighted by molar-refractivity contribution is 7.99. The van der Waals surface area contributed by atoms with Gasteiger partial charge in [0.15, 0.2) is 5.65 Å². The van der Waals surface area contributed by atoms with Crippen molar-refractivity contribution in [3.63, 3.8) is 0 Å². The second kappa shape index (κ2) is 8.01. The fourth-order valence-electron chi connectivity index (χ4n) is 3.16. The monoisotopic (exact) mass is 452 g/mol. The average Bonchev–Trinajstić information content (AvgIpc) is 3.26. The molecule has 0 amide bonds. The third-order valence-electron chi connectivity index (χ3n) is 5.04. The molecule has 9 nitrogen and oxygen atoms in total. The van der Waals surface area contributed by atoms with E-state index in [4.69, 9.17) is 9.40 Å². The summed E-state index contributed by atoms with van der Waals surface area (Å²) in [6.45, 7) is 7.85. The van der Waals surface area contributed by atoms with Gasteiger partial charge in [-0.2, -0.15) is 0 Å². The summed E-state index contributed by atoms with van der Waals surface area (Å²) in [5.74, 6) is 1.38. The van der Waals surface area contributed by atoms with Crippen LogP contribution in [0, 0.1) is 0 Å². The number of thioether (sulfide) groups is 1. The Bertz CT molecular complexity index is 1420. The van der Waals surface area contributed by atoms with E-state index in [0.717, 1.165) is 10.1 Å². The first-order chi connectivity index (χ1) is 15.1. The molecule has 0 aliphatic heterocycles. The predicted octanol–water partition coefficient (Wildman–Crippen LogP) is 3.23. The fourth-order valence-corrected chi connectivity index (χ4v) is 4.13. The van der Waals surface area contributed by atoms with Gasteiger partial charge in [-0.05, 0) is 19.1 Å². The largest absolute Gasteiger partial charge is 0.419 e. The lowest BCUT2D eigenvalue weighted by Crippen LogP contribution is -2.38. The fraction of sp³-hybridized carbons (Fsp3) is 0.364. The van der Waals surface area contributed by atoms with Crippen LogP contribution in [0.2, 0.25) is 0 Å². The van der Waals surface area contributed by atoms with Crippen molar-refractivity contribution < 1.29 is 4.42 Å². The van der Waals surface area contributed by atoms with E-state index in [1.165, 1.54) is 23.4 Å². The third kappa shape index (κ3) is 3.86. The highest BCUT2D eigenvalue weighted by atomic mass is 32.2. The summed E-state index contributed by atoms with van der Waals surface area (Å²) in [4.78, 5) is 34.8. The molecule has 3 heterocycles. The lowest BCUT2D eigenvalue weighted by Gasteiger charge is -2.20. The molecule has 0 spiro atoms.